The van der Waals surface area contributed by atoms with Gasteiger partial charge >= 0.3 is 0 Å². The van der Waals surface area contributed by atoms with Gasteiger partial charge in [0, 0.05) is 43.0 Å². The lowest BCUT2D eigenvalue weighted by Gasteiger charge is -2.55. The van der Waals surface area contributed by atoms with Crippen LogP contribution in [0.3, 0.4) is 0 Å². The van der Waals surface area contributed by atoms with E-state index in [4.69, 9.17) is 16.6 Å². The Morgan fingerprint density at radius 2 is 1.82 bits per heavy atom. The van der Waals surface area contributed by atoms with Crippen LogP contribution in [0.2, 0.25) is 5.15 Å². The minimum Gasteiger partial charge on any atom is -0.328 e. The van der Waals surface area contributed by atoms with Gasteiger partial charge in [0.15, 0.2) is 5.15 Å². The first-order valence-electron chi connectivity index (χ1n) is 12.3. The van der Waals surface area contributed by atoms with E-state index in [0.717, 1.165) is 66.0 Å². The smallest absolute Gasteiger partial charge is 0.237 e. The summed E-state index contributed by atoms with van der Waals surface area (Å²) in [6.07, 6.45) is 3.90. The van der Waals surface area contributed by atoms with Gasteiger partial charge in [-0.05, 0) is 56.7 Å². The Labute approximate surface area is 205 Å². The van der Waals surface area contributed by atoms with Crippen LogP contribution in [0.4, 0.5) is 5.69 Å². The number of carbonyl (C=O) groups is 1. The molecule has 1 saturated carbocycles. The Kier molecular flexibility index (Phi) is 4.72. The second kappa shape index (κ2) is 7.28. The number of pyridine rings is 1. The van der Waals surface area contributed by atoms with Crippen molar-refractivity contribution >= 4 is 34.2 Å². The Balaban J connectivity index is 1.33. The molecule has 0 atom stereocenters. The molecule has 2 fully saturated rings. The lowest BCUT2D eigenvalue weighted by Crippen LogP contribution is -2.64. The molecule has 34 heavy (non-hydrogen) atoms. The molecule has 0 spiro atoms. The SMILES string of the molecule is CCn1cnc2cc(-c3ccc4c(c3)N([C@H]3C[C@@H](N5CC(C)(C)C5)C3)C(=O)C4(C)C)nc(Cl)c21. The summed E-state index contributed by atoms with van der Waals surface area (Å²) < 4.78 is 2.01. The summed E-state index contributed by atoms with van der Waals surface area (Å²) in [4.78, 5) is 27.4. The van der Waals surface area contributed by atoms with Gasteiger partial charge in [-0.15, -0.1) is 0 Å². The topological polar surface area (TPSA) is 54.3 Å². The number of carbonyl (C=O) groups excluding carboxylic acids is 1. The Bertz CT molecular complexity index is 1310. The number of amides is 1. The van der Waals surface area contributed by atoms with Gasteiger partial charge in [-0.1, -0.05) is 37.6 Å². The molecule has 2 aliphatic heterocycles. The summed E-state index contributed by atoms with van der Waals surface area (Å²) in [6, 6.07) is 9.13. The van der Waals surface area contributed by atoms with Gasteiger partial charge in [0.05, 0.1) is 23.0 Å². The van der Waals surface area contributed by atoms with Crippen molar-refractivity contribution < 1.29 is 4.79 Å². The van der Waals surface area contributed by atoms with E-state index < -0.39 is 5.41 Å². The van der Waals surface area contributed by atoms with E-state index >= 15 is 0 Å². The molecule has 6 nitrogen and oxygen atoms in total. The van der Waals surface area contributed by atoms with Crippen LogP contribution in [0, 0.1) is 5.41 Å². The second-order valence-corrected chi connectivity index (χ2v) is 11.9. The second-order valence-electron chi connectivity index (χ2n) is 11.6. The van der Waals surface area contributed by atoms with Crippen molar-refractivity contribution in [2.75, 3.05) is 18.0 Å². The summed E-state index contributed by atoms with van der Waals surface area (Å²) in [5.74, 6) is 0.204. The van der Waals surface area contributed by atoms with Crippen LogP contribution in [0.15, 0.2) is 30.6 Å². The first-order chi connectivity index (χ1) is 16.1. The minimum absolute atomic E-state index is 0.204. The van der Waals surface area contributed by atoms with Gasteiger partial charge in [0.2, 0.25) is 5.91 Å². The number of rotatable bonds is 4. The lowest BCUT2D eigenvalue weighted by molar-refractivity contribution is -0.123. The molecule has 0 bridgehead atoms. The van der Waals surface area contributed by atoms with Gasteiger partial charge in [-0.25, -0.2) is 9.97 Å². The third-order valence-corrected chi connectivity index (χ3v) is 8.37. The highest BCUT2D eigenvalue weighted by atomic mass is 35.5. The lowest BCUT2D eigenvalue weighted by atomic mass is 9.76. The zero-order valence-electron chi connectivity index (χ0n) is 20.6. The predicted octanol–water partition coefficient (Wildman–Crippen LogP) is 5.27. The monoisotopic (exact) mass is 477 g/mol. The first-order valence-corrected chi connectivity index (χ1v) is 12.7. The number of hydrogen-bond acceptors (Lipinski definition) is 4. The fraction of sp³-hybridized carbons (Fsp3) is 0.519. The molecule has 1 amide bonds. The van der Waals surface area contributed by atoms with E-state index in [0.29, 0.717) is 16.6 Å². The molecule has 1 aromatic carbocycles. The first kappa shape index (κ1) is 22.1. The van der Waals surface area contributed by atoms with E-state index in [2.05, 4.69) is 53.8 Å². The molecule has 3 aromatic rings. The van der Waals surface area contributed by atoms with Crippen LogP contribution >= 0.6 is 11.6 Å². The molecule has 0 radical (unpaired) electrons. The molecule has 7 heteroatoms. The highest BCUT2D eigenvalue weighted by Crippen LogP contribution is 2.48. The van der Waals surface area contributed by atoms with Gasteiger partial charge < -0.3 is 9.47 Å². The maximum Gasteiger partial charge on any atom is 0.237 e. The normalized spacial score (nSPS) is 25.4. The van der Waals surface area contributed by atoms with Crippen LogP contribution in [0.1, 0.15) is 53.0 Å². The number of halogens is 1. The molecule has 1 saturated heterocycles. The Hall–Kier alpha value is -2.44. The summed E-state index contributed by atoms with van der Waals surface area (Å²) in [5, 5.41) is 0.458. The molecule has 4 heterocycles. The predicted molar refractivity (Wildman–Crippen MR) is 136 cm³/mol. The zero-order valence-corrected chi connectivity index (χ0v) is 21.4. The van der Waals surface area contributed by atoms with Gasteiger partial charge in [-0.3, -0.25) is 9.69 Å². The quantitative estimate of drug-likeness (QED) is 0.480. The zero-order chi connectivity index (χ0) is 24.0. The molecular weight excluding hydrogens is 446 g/mol. The van der Waals surface area contributed by atoms with Crippen molar-refractivity contribution in [3.05, 3.63) is 41.3 Å². The number of nitrogens with zero attached hydrogens (tertiary/aromatic N) is 5. The molecule has 0 unspecified atom stereocenters. The number of benzene rings is 1. The number of fused-ring (bicyclic) bond motifs is 2. The van der Waals surface area contributed by atoms with Crippen LogP contribution in [-0.2, 0) is 16.8 Å². The summed E-state index contributed by atoms with van der Waals surface area (Å²) in [6.45, 7) is 13.9. The van der Waals surface area contributed by atoms with E-state index in [9.17, 15) is 4.79 Å². The number of aryl methyl sites for hydroxylation is 1. The average Bonchev–Trinajstić information content (AvgIpc) is 3.24. The average molecular weight is 478 g/mol. The van der Waals surface area contributed by atoms with Gasteiger partial charge in [0.1, 0.15) is 5.52 Å². The van der Waals surface area contributed by atoms with Gasteiger partial charge in [0.25, 0.3) is 0 Å². The van der Waals surface area contributed by atoms with Crippen molar-refractivity contribution in [1.82, 2.24) is 19.4 Å². The van der Waals surface area contributed by atoms with Crippen LogP contribution in [0.5, 0.6) is 0 Å². The van der Waals surface area contributed by atoms with E-state index in [1.165, 1.54) is 0 Å². The largest absolute Gasteiger partial charge is 0.328 e. The molecular formula is C27H32ClN5O. The summed E-state index contributed by atoms with van der Waals surface area (Å²) >= 11 is 6.58. The molecule has 2 aromatic heterocycles. The van der Waals surface area contributed by atoms with Crippen molar-refractivity contribution in [2.24, 2.45) is 5.41 Å². The van der Waals surface area contributed by atoms with Crippen molar-refractivity contribution in [2.45, 2.75) is 71.5 Å². The fourth-order valence-corrected chi connectivity index (χ4v) is 6.42. The summed E-state index contributed by atoms with van der Waals surface area (Å²) in [5.41, 5.74) is 5.48. The van der Waals surface area contributed by atoms with Crippen molar-refractivity contribution in [1.29, 1.82) is 0 Å². The van der Waals surface area contributed by atoms with Crippen molar-refractivity contribution in [3.63, 3.8) is 0 Å². The molecule has 0 N–H and O–H groups in total. The third-order valence-electron chi connectivity index (χ3n) is 8.11. The highest BCUT2D eigenvalue weighted by molar-refractivity contribution is 6.33. The number of aromatic nitrogens is 3. The standard InChI is InChI=1S/C27H32ClN5O/c1-6-31-15-29-21-12-20(30-24(28)23(21)31)16-7-8-19-22(9-16)33(25(34)27(19,4)5)18-10-17(11-18)32-13-26(2,3)14-32/h7-9,12,15,17-18H,6,10-11,13-14H2,1-5H3/t17-,18+. The third kappa shape index (κ3) is 3.14. The van der Waals surface area contributed by atoms with E-state index in [1.54, 1.807) is 6.33 Å². The highest BCUT2D eigenvalue weighted by Gasteiger charge is 2.51. The summed E-state index contributed by atoms with van der Waals surface area (Å²) in [7, 11) is 0. The Morgan fingerprint density at radius 3 is 2.50 bits per heavy atom. The van der Waals surface area contributed by atoms with Crippen molar-refractivity contribution in [3.8, 4) is 11.3 Å². The Morgan fingerprint density at radius 1 is 1.09 bits per heavy atom. The van der Waals surface area contributed by atoms with E-state index in [-0.39, 0.29) is 11.9 Å². The molecule has 1 aliphatic carbocycles. The van der Waals surface area contributed by atoms with E-state index in [1.807, 2.05) is 24.5 Å². The maximum atomic E-state index is 13.6. The minimum atomic E-state index is -0.521. The molecule has 178 valence electrons. The molecule has 6 rings (SSSR count). The fourth-order valence-electron chi connectivity index (χ4n) is 6.12. The number of hydrogen-bond donors (Lipinski definition) is 0. The number of anilines is 1. The number of imidazole rings is 1. The van der Waals surface area contributed by atoms with Crippen LogP contribution < -0.4 is 4.90 Å². The molecule has 3 aliphatic rings. The van der Waals surface area contributed by atoms with Crippen LogP contribution in [-0.4, -0.2) is 50.5 Å². The maximum absolute atomic E-state index is 13.6. The number of likely N-dealkylation sites (tertiary alicyclic amines) is 1. The van der Waals surface area contributed by atoms with Gasteiger partial charge in [-0.2, -0.15) is 0 Å². The van der Waals surface area contributed by atoms with Crippen LogP contribution in [0.25, 0.3) is 22.3 Å².